The highest BCUT2D eigenvalue weighted by atomic mass is 16.6. The van der Waals surface area contributed by atoms with Crippen molar-refractivity contribution in [2.75, 3.05) is 19.8 Å². The first-order chi connectivity index (χ1) is 10.3. The van der Waals surface area contributed by atoms with E-state index >= 15 is 0 Å². The van der Waals surface area contributed by atoms with Crippen molar-refractivity contribution in [3.63, 3.8) is 0 Å². The number of amides is 1. The summed E-state index contributed by atoms with van der Waals surface area (Å²) in [5.74, 6) is -0.379. The van der Waals surface area contributed by atoms with Gasteiger partial charge in [-0.1, -0.05) is 13.8 Å². The normalized spacial score (nSPS) is 21.8. The molecule has 0 aliphatic carbocycles. The van der Waals surface area contributed by atoms with Crippen molar-refractivity contribution in [2.45, 2.75) is 71.6 Å². The van der Waals surface area contributed by atoms with Gasteiger partial charge in [0, 0.05) is 13.0 Å². The smallest absolute Gasteiger partial charge is 0.411 e. The van der Waals surface area contributed by atoms with E-state index in [2.05, 4.69) is 0 Å². The highest BCUT2D eigenvalue weighted by Crippen LogP contribution is 2.24. The fourth-order valence-corrected chi connectivity index (χ4v) is 2.25. The molecule has 0 radical (unpaired) electrons. The number of carbonyl (C=O) groups is 2. The predicted octanol–water partition coefficient (Wildman–Crippen LogP) is 2.74. The van der Waals surface area contributed by atoms with Crippen LogP contribution >= 0.6 is 0 Å². The number of ether oxygens (including phenoxy) is 3. The van der Waals surface area contributed by atoms with Gasteiger partial charge in [0.2, 0.25) is 0 Å². The van der Waals surface area contributed by atoms with Crippen molar-refractivity contribution in [1.29, 1.82) is 0 Å². The van der Waals surface area contributed by atoms with Crippen molar-refractivity contribution in [3.05, 3.63) is 0 Å². The van der Waals surface area contributed by atoms with E-state index in [9.17, 15) is 9.59 Å². The monoisotopic (exact) mass is 315 g/mol. The third-order valence-electron chi connectivity index (χ3n) is 3.17. The number of hydrogen-bond acceptors (Lipinski definition) is 5. The highest BCUT2D eigenvalue weighted by molar-refractivity contribution is 5.82. The summed E-state index contributed by atoms with van der Waals surface area (Å²) in [6, 6.07) is -0.622. The second-order valence-electron chi connectivity index (χ2n) is 6.54. The second-order valence-corrected chi connectivity index (χ2v) is 6.54. The molecule has 0 aromatic rings. The number of nitrogens with zero attached hydrogens (tertiary/aromatic N) is 1. The summed E-state index contributed by atoms with van der Waals surface area (Å²) in [6.07, 6.45) is 1.47. The molecule has 128 valence electrons. The van der Waals surface area contributed by atoms with Gasteiger partial charge in [0.25, 0.3) is 0 Å². The number of carbonyl (C=O) groups excluding carboxylic acids is 2. The van der Waals surface area contributed by atoms with Gasteiger partial charge in [-0.3, -0.25) is 4.90 Å². The highest BCUT2D eigenvalue weighted by Gasteiger charge is 2.42. The van der Waals surface area contributed by atoms with Gasteiger partial charge in [-0.25, -0.2) is 9.59 Å². The van der Waals surface area contributed by atoms with E-state index in [0.29, 0.717) is 26.2 Å². The van der Waals surface area contributed by atoms with Gasteiger partial charge in [-0.05, 0) is 33.6 Å². The Labute approximate surface area is 133 Å². The lowest BCUT2D eigenvalue weighted by Crippen LogP contribution is -2.44. The Kier molecular flexibility index (Phi) is 7.13. The molecule has 1 aliphatic heterocycles. The van der Waals surface area contributed by atoms with Gasteiger partial charge in [-0.15, -0.1) is 0 Å². The molecule has 0 N–H and O–H groups in total. The lowest BCUT2D eigenvalue weighted by molar-refractivity contribution is -0.148. The van der Waals surface area contributed by atoms with E-state index in [-0.39, 0.29) is 12.1 Å². The Balaban J connectivity index is 2.74. The van der Waals surface area contributed by atoms with E-state index in [1.54, 1.807) is 20.8 Å². The first-order valence-electron chi connectivity index (χ1n) is 8.06. The number of hydrogen-bond donors (Lipinski definition) is 0. The summed E-state index contributed by atoms with van der Waals surface area (Å²) in [5, 5.41) is 0. The van der Waals surface area contributed by atoms with Crippen molar-refractivity contribution in [3.8, 4) is 0 Å². The zero-order chi connectivity index (χ0) is 16.8. The van der Waals surface area contributed by atoms with Crippen LogP contribution in [-0.2, 0) is 19.0 Å². The van der Waals surface area contributed by atoms with Gasteiger partial charge in [0.05, 0.1) is 19.3 Å². The minimum Gasteiger partial charge on any atom is -0.464 e. The molecule has 1 saturated heterocycles. The van der Waals surface area contributed by atoms with E-state index in [1.807, 2.05) is 13.8 Å². The molecule has 22 heavy (non-hydrogen) atoms. The largest absolute Gasteiger partial charge is 0.464 e. The van der Waals surface area contributed by atoms with E-state index in [1.165, 1.54) is 4.90 Å². The van der Waals surface area contributed by atoms with Crippen LogP contribution in [0.5, 0.6) is 0 Å². The molecule has 1 rings (SSSR count). The zero-order valence-corrected chi connectivity index (χ0v) is 14.4. The average Bonchev–Trinajstić information content (AvgIpc) is 2.85. The van der Waals surface area contributed by atoms with Gasteiger partial charge in [0.1, 0.15) is 11.6 Å². The molecule has 2 atom stereocenters. The summed E-state index contributed by atoms with van der Waals surface area (Å²) in [6.45, 7) is 10.7. The lowest BCUT2D eigenvalue weighted by Gasteiger charge is -2.27. The Hall–Kier alpha value is -1.30. The summed E-state index contributed by atoms with van der Waals surface area (Å²) < 4.78 is 16.3. The molecule has 0 saturated carbocycles. The van der Waals surface area contributed by atoms with Crippen LogP contribution in [0.15, 0.2) is 0 Å². The lowest BCUT2D eigenvalue weighted by atomic mass is 10.2. The molecule has 0 aromatic heterocycles. The average molecular weight is 315 g/mol. The van der Waals surface area contributed by atoms with Crippen LogP contribution in [0, 0.1) is 0 Å². The van der Waals surface area contributed by atoms with Gasteiger partial charge in [-0.2, -0.15) is 0 Å². The molecule has 6 heteroatoms. The van der Waals surface area contributed by atoms with Crippen molar-refractivity contribution >= 4 is 12.1 Å². The van der Waals surface area contributed by atoms with Crippen LogP contribution in [-0.4, -0.2) is 54.5 Å². The van der Waals surface area contributed by atoms with Crippen LogP contribution < -0.4 is 0 Å². The molecule has 1 fully saturated rings. The standard InChI is InChI=1S/C16H29NO5/c1-6-8-20-12-10-13(14(18)21-9-7-2)17(11-12)15(19)22-16(3,4)5/h12-13H,6-11H2,1-5H3/t12-,13+/m1/s1. The Morgan fingerprint density at radius 1 is 1.14 bits per heavy atom. The molecule has 1 amide bonds. The molecule has 0 bridgehead atoms. The van der Waals surface area contributed by atoms with Gasteiger partial charge in [0.15, 0.2) is 0 Å². The van der Waals surface area contributed by atoms with Crippen LogP contribution in [0.1, 0.15) is 53.9 Å². The second kappa shape index (κ2) is 8.36. The minimum atomic E-state index is -0.622. The summed E-state index contributed by atoms with van der Waals surface area (Å²) in [4.78, 5) is 25.9. The number of esters is 1. The van der Waals surface area contributed by atoms with E-state index in [0.717, 1.165) is 12.8 Å². The van der Waals surface area contributed by atoms with E-state index < -0.39 is 17.7 Å². The maximum atomic E-state index is 12.3. The maximum absolute atomic E-state index is 12.3. The van der Waals surface area contributed by atoms with Crippen molar-refractivity contribution in [2.24, 2.45) is 0 Å². The first-order valence-corrected chi connectivity index (χ1v) is 8.06. The van der Waals surface area contributed by atoms with Gasteiger partial charge >= 0.3 is 12.1 Å². The molecule has 0 aromatic carbocycles. The Bertz CT molecular complexity index is 377. The predicted molar refractivity (Wildman–Crippen MR) is 82.6 cm³/mol. The maximum Gasteiger partial charge on any atom is 0.411 e. The fraction of sp³-hybridized carbons (Fsp3) is 0.875. The third-order valence-corrected chi connectivity index (χ3v) is 3.17. The van der Waals surface area contributed by atoms with Crippen LogP contribution in [0.25, 0.3) is 0 Å². The van der Waals surface area contributed by atoms with Gasteiger partial charge < -0.3 is 14.2 Å². The summed E-state index contributed by atoms with van der Waals surface area (Å²) >= 11 is 0. The first kappa shape index (κ1) is 18.7. The minimum absolute atomic E-state index is 0.147. The number of likely N-dealkylation sites (tertiary alicyclic amines) is 1. The van der Waals surface area contributed by atoms with Crippen LogP contribution in [0.3, 0.4) is 0 Å². The Morgan fingerprint density at radius 3 is 2.32 bits per heavy atom. The summed E-state index contributed by atoms with van der Waals surface area (Å²) in [7, 11) is 0. The molecule has 6 nitrogen and oxygen atoms in total. The molecule has 1 aliphatic rings. The zero-order valence-electron chi connectivity index (χ0n) is 14.4. The van der Waals surface area contributed by atoms with E-state index in [4.69, 9.17) is 14.2 Å². The quantitative estimate of drug-likeness (QED) is 0.705. The molecular formula is C16H29NO5. The fourth-order valence-electron chi connectivity index (χ4n) is 2.25. The SMILES string of the molecule is CCCOC(=O)[C@@H]1C[C@@H](OCCC)CN1C(=O)OC(C)(C)C. The topological polar surface area (TPSA) is 65.1 Å². The molecule has 1 heterocycles. The van der Waals surface area contributed by atoms with Crippen LogP contribution in [0.2, 0.25) is 0 Å². The van der Waals surface area contributed by atoms with Crippen molar-refractivity contribution in [1.82, 2.24) is 4.90 Å². The Morgan fingerprint density at radius 2 is 1.77 bits per heavy atom. The van der Waals surface area contributed by atoms with Crippen molar-refractivity contribution < 1.29 is 23.8 Å². The number of rotatable bonds is 6. The molecule has 0 unspecified atom stereocenters. The third kappa shape index (κ3) is 5.83. The molecular weight excluding hydrogens is 286 g/mol. The molecule has 0 spiro atoms. The van der Waals surface area contributed by atoms with Crippen LogP contribution in [0.4, 0.5) is 4.79 Å². The summed E-state index contributed by atoms with van der Waals surface area (Å²) in [5.41, 5.74) is -0.600.